The van der Waals surface area contributed by atoms with Crippen molar-refractivity contribution in [3.63, 3.8) is 0 Å². The molecule has 0 spiro atoms. The summed E-state index contributed by atoms with van der Waals surface area (Å²) in [5, 5.41) is 0. The lowest BCUT2D eigenvalue weighted by Crippen LogP contribution is -2.02. The molecule has 0 unspecified atom stereocenters. The first-order valence-corrected chi connectivity index (χ1v) is 8.12. The predicted molar refractivity (Wildman–Crippen MR) is 96.0 cm³/mol. The minimum absolute atomic E-state index is 0.699. The largest absolute Gasteiger partial charge is 0.493 e. The highest BCUT2D eigenvalue weighted by atomic mass is 16.5. The normalized spacial score (nSPS) is 16.3. The van der Waals surface area contributed by atoms with E-state index in [0.29, 0.717) is 13.2 Å². The Morgan fingerprint density at radius 2 is 1.61 bits per heavy atom. The zero-order chi connectivity index (χ0) is 16.1. The number of fused-ring (bicyclic) bond motifs is 2. The summed E-state index contributed by atoms with van der Waals surface area (Å²) < 4.78 is 12.1. The predicted octanol–water partition coefficient (Wildman–Crippen LogP) is 5.33. The molecule has 3 rings (SSSR count). The van der Waals surface area contributed by atoms with Crippen molar-refractivity contribution in [3.8, 4) is 11.5 Å². The quantitative estimate of drug-likeness (QED) is 0.708. The molecule has 118 valence electrons. The van der Waals surface area contributed by atoms with Crippen LogP contribution in [0.3, 0.4) is 0 Å². The fourth-order valence-corrected chi connectivity index (χ4v) is 2.94. The topological polar surface area (TPSA) is 18.5 Å². The molecule has 1 heterocycles. The van der Waals surface area contributed by atoms with Crippen LogP contribution in [-0.2, 0) is 0 Å². The zero-order valence-electron chi connectivity index (χ0n) is 13.5. The maximum absolute atomic E-state index is 6.06. The summed E-state index contributed by atoms with van der Waals surface area (Å²) in [6, 6.07) is 14.3. The summed E-state index contributed by atoms with van der Waals surface area (Å²) in [4.78, 5) is 0. The Morgan fingerprint density at radius 1 is 0.913 bits per heavy atom. The standard InChI is InChI=1S/C21H22O2/c1-3-16-10-9-13-20-21(16)17(4-2)18-11-5-6-12-19(18)22-14-7-8-15-23-20/h3-6,9-13H,1,7-8,14-15H2,2H3/b17-4-. The van der Waals surface area contributed by atoms with Crippen molar-refractivity contribution >= 4 is 11.6 Å². The van der Waals surface area contributed by atoms with Crippen molar-refractivity contribution in [1.29, 1.82) is 0 Å². The molecular weight excluding hydrogens is 284 g/mol. The Bertz CT molecular complexity index is 728. The van der Waals surface area contributed by atoms with Crippen LogP contribution in [0, 0.1) is 0 Å². The van der Waals surface area contributed by atoms with Crippen LogP contribution in [0.25, 0.3) is 11.6 Å². The van der Waals surface area contributed by atoms with Crippen LogP contribution < -0.4 is 9.47 Å². The van der Waals surface area contributed by atoms with Crippen molar-refractivity contribution in [2.75, 3.05) is 13.2 Å². The molecule has 0 fully saturated rings. The fraction of sp³-hybridized carbons (Fsp3) is 0.238. The second-order valence-electron chi connectivity index (χ2n) is 5.53. The van der Waals surface area contributed by atoms with Crippen molar-refractivity contribution in [3.05, 3.63) is 71.8 Å². The highest BCUT2D eigenvalue weighted by molar-refractivity contribution is 5.89. The Kier molecular flexibility index (Phi) is 4.82. The molecule has 2 aromatic rings. The van der Waals surface area contributed by atoms with E-state index >= 15 is 0 Å². The lowest BCUT2D eigenvalue weighted by molar-refractivity contribution is 0.267. The van der Waals surface area contributed by atoms with Gasteiger partial charge < -0.3 is 9.47 Å². The second-order valence-corrected chi connectivity index (χ2v) is 5.53. The summed E-state index contributed by atoms with van der Waals surface area (Å²) >= 11 is 0. The molecular formula is C21H22O2. The molecule has 2 heteroatoms. The third-order valence-electron chi connectivity index (χ3n) is 4.07. The van der Waals surface area contributed by atoms with E-state index in [1.807, 2.05) is 36.4 Å². The van der Waals surface area contributed by atoms with Gasteiger partial charge in [-0.15, -0.1) is 0 Å². The number of ether oxygens (including phenoxy) is 2. The smallest absolute Gasteiger partial charge is 0.127 e. The molecule has 0 radical (unpaired) electrons. The molecule has 2 aromatic carbocycles. The lowest BCUT2D eigenvalue weighted by Gasteiger charge is -2.18. The highest BCUT2D eigenvalue weighted by Gasteiger charge is 2.18. The lowest BCUT2D eigenvalue weighted by atomic mass is 9.92. The van der Waals surface area contributed by atoms with E-state index in [9.17, 15) is 0 Å². The molecule has 0 aliphatic carbocycles. The fourth-order valence-electron chi connectivity index (χ4n) is 2.94. The van der Waals surface area contributed by atoms with Gasteiger partial charge in [0.1, 0.15) is 11.5 Å². The van der Waals surface area contributed by atoms with Gasteiger partial charge in [-0.1, -0.05) is 49.1 Å². The summed E-state index contributed by atoms with van der Waals surface area (Å²) in [6.07, 6.45) is 5.96. The average molecular weight is 306 g/mol. The van der Waals surface area contributed by atoms with Gasteiger partial charge in [-0.3, -0.25) is 0 Å². The van der Waals surface area contributed by atoms with Gasteiger partial charge in [-0.05, 0) is 43.0 Å². The second kappa shape index (κ2) is 7.19. The summed E-state index contributed by atoms with van der Waals surface area (Å²) in [5.41, 5.74) is 4.37. The monoisotopic (exact) mass is 306 g/mol. The minimum Gasteiger partial charge on any atom is -0.493 e. The maximum Gasteiger partial charge on any atom is 0.127 e. The molecule has 0 aromatic heterocycles. The molecule has 0 atom stereocenters. The molecule has 0 N–H and O–H groups in total. The Morgan fingerprint density at radius 3 is 2.35 bits per heavy atom. The van der Waals surface area contributed by atoms with Gasteiger partial charge in [0.15, 0.2) is 0 Å². The van der Waals surface area contributed by atoms with E-state index in [-0.39, 0.29) is 0 Å². The van der Waals surface area contributed by atoms with Crippen LogP contribution in [-0.4, -0.2) is 13.2 Å². The van der Waals surface area contributed by atoms with Crippen molar-refractivity contribution in [2.45, 2.75) is 19.8 Å². The first kappa shape index (κ1) is 15.4. The summed E-state index contributed by atoms with van der Waals surface area (Å²) in [7, 11) is 0. The molecule has 0 saturated heterocycles. The number of hydrogen-bond acceptors (Lipinski definition) is 2. The van der Waals surface area contributed by atoms with Gasteiger partial charge in [0.25, 0.3) is 0 Å². The Balaban J connectivity index is 2.23. The molecule has 2 nitrogen and oxygen atoms in total. The van der Waals surface area contributed by atoms with Gasteiger partial charge >= 0.3 is 0 Å². The van der Waals surface area contributed by atoms with Crippen LogP contribution >= 0.6 is 0 Å². The van der Waals surface area contributed by atoms with Crippen LogP contribution in [0.15, 0.2) is 55.1 Å². The van der Waals surface area contributed by atoms with Gasteiger partial charge in [0, 0.05) is 11.1 Å². The third kappa shape index (κ3) is 3.16. The maximum atomic E-state index is 6.06. The third-order valence-corrected chi connectivity index (χ3v) is 4.07. The SMILES string of the molecule is C=Cc1cccc2c1/C(=C\C)c1ccccc1OCCCCO2. The van der Waals surface area contributed by atoms with Gasteiger partial charge in [0.2, 0.25) is 0 Å². The molecule has 0 amide bonds. The number of allylic oxidation sites excluding steroid dienone is 1. The molecule has 0 bridgehead atoms. The van der Waals surface area contributed by atoms with Crippen LogP contribution in [0.1, 0.15) is 36.5 Å². The van der Waals surface area contributed by atoms with Crippen molar-refractivity contribution < 1.29 is 9.47 Å². The molecule has 1 aliphatic heterocycles. The number of hydrogen-bond donors (Lipinski definition) is 0. The van der Waals surface area contributed by atoms with E-state index in [4.69, 9.17) is 9.47 Å². The summed E-state index contributed by atoms with van der Waals surface area (Å²) in [5.74, 6) is 1.83. The van der Waals surface area contributed by atoms with E-state index in [0.717, 1.165) is 46.6 Å². The summed E-state index contributed by atoms with van der Waals surface area (Å²) in [6.45, 7) is 7.42. The first-order valence-electron chi connectivity index (χ1n) is 8.12. The number of benzene rings is 2. The minimum atomic E-state index is 0.699. The van der Waals surface area contributed by atoms with Crippen molar-refractivity contribution in [1.82, 2.24) is 0 Å². The van der Waals surface area contributed by atoms with Gasteiger partial charge in [-0.25, -0.2) is 0 Å². The van der Waals surface area contributed by atoms with Crippen molar-refractivity contribution in [2.24, 2.45) is 0 Å². The zero-order valence-corrected chi connectivity index (χ0v) is 13.5. The average Bonchev–Trinajstić information content (AvgIpc) is 2.63. The Hall–Kier alpha value is -2.48. The van der Waals surface area contributed by atoms with Crippen LogP contribution in [0.4, 0.5) is 0 Å². The van der Waals surface area contributed by atoms with Gasteiger partial charge in [-0.2, -0.15) is 0 Å². The Labute approximate surface area is 138 Å². The highest BCUT2D eigenvalue weighted by Crippen LogP contribution is 2.38. The molecule has 23 heavy (non-hydrogen) atoms. The van der Waals surface area contributed by atoms with E-state index in [1.54, 1.807) is 0 Å². The first-order chi connectivity index (χ1) is 11.3. The number of para-hydroxylation sites is 1. The van der Waals surface area contributed by atoms with E-state index < -0.39 is 0 Å². The van der Waals surface area contributed by atoms with Crippen LogP contribution in [0.2, 0.25) is 0 Å². The van der Waals surface area contributed by atoms with E-state index in [2.05, 4.69) is 31.7 Å². The molecule has 0 saturated carbocycles. The molecule has 1 aliphatic rings. The van der Waals surface area contributed by atoms with E-state index in [1.165, 1.54) is 0 Å². The van der Waals surface area contributed by atoms with Crippen LogP contribution in [0.5, 0.6) is 11.5 Å². The number of rotatable bonds is 1. The van der Waals surface area contributed by atoms with Gasteiger partial charge in [0.05, 0.1) is 13.2 Å².